The molecule has 1 atom stereocenters. The number of likely N-dealkylation sites (tertiary alicyclic amines) is 1. The molecule has 1 unspecified atom stereocenters. The first-order valence-corrected chi connectivity index (χ1v) is 8.18. The minimum atomic E-state index is -0.544. The molecule has 0 aromatic heterocycles. The third-order valence-electron chi connectivity index (χ3n) is 4.25. The maximum absolute atomic E-state index is 11.7. The number of rotatable bonds is 7. The number of aliphatic hydroxyl groups is 1. The van der Waals surface area contributed by atoms with Crippen molar-refractivity contribution in [1.82, 2.24) is 9.80 Å². The summed E-state index contributed by atoms with van der Waals surface area (Å²) < 4.78 is 0. The second kappa shape index (κ2) is 8.09. The van der Waals surface area contributed by atoms with Gasteiger partial charge in [0.2, 0.25) is 5.91 Å². The van der Waals surface area contributed by atoms with E-state index in [-0.39, 0.29) is 11.9 Å². The van der Waals surface area contributed by atoms with E-state index in [2.05, 4.69) is 24.8 Å². The first-order chi connectivity index (χ1) is 11.0. The molecule has 1 N–H and O–H groups in total. The molecule has 0 spiro atoms. The van der Waals surface area contributed by atoms with Crippen molar-refractivity contribution in [2.45, 2.75) is 45.4 Å². The van der Waals surface area contributed by atoms with Crippen LogP contribution >= 0.6 is 0 Å². The molecule has 1 aromatic carbocycles. The van der Waals surface area contributed by atoms with Crippen molar-refractivity contribution >= 4 is 5.91 Å². The lowest BCUT2D eigenvalue weighted by Gasteiger charge is -2.30. The summed E-state index contributed by atoms with van der Waals surface area (Å²) in [5, 5.41) is 19.2. The highest BCUT2D eigenvalue weighted by molar-refractivity contribution is 5.78. The molecule has 5 heteroatoms. The Labute approximate surface area is 138 Å². The van der Waals surface area contributed by atoms with Crippen LogP contribution in [0.5, 0.6) is 0 Å². The second-order valence-electron chi connectivity index (χ2n) is 6.43. The number of hydrogen-bond donors (Lipinski definition) is 1. The van der Waals surface area contributed by atoms with Crippen LogP contribution in [0.2, 0.25) is 0 Å². The minimum absolute atomic E-state index is 0.146. The van der Waals surface area contributed by atoms with Gasteiger partial charge in [-0.05, 0) is 38.0 Å². The van der Waals surface area contributed by atoms with E-state index in [0.29, 0.717) is 31.6 Å². The number of carbonyl (C=O) groups excluding carboxylic acids is 1. The van der Waals surface area contributed by atoms with Gasteiger partial charge in [0.25, 0.3) is 0 Å². The zero-order chi connectivity index (χ0) is 16.8. The lowest BCUT2D eigenvalue weighted by Crippen LogP contribution is -2.42. The first-order valence-electron chi connectivity index (χ1n) is 8.18. The molecular formula is C18H25N3O2. The molecule has 2 rings (SSSR count). The van der Waals surface area contributed by atoms with Crippen LogP contribution in [0.25, 0.3) is 0 Å². The van der Waals surface area contributed by atoms with Gasteiger partial charge in [-0.25, -0.2) is 0 Å². The van der Waals surface area contributed by atoms with Crippen LogP contribution < -0.4 is 0 Å². The van der Waals surface area contributed by atoms with Crippen LogP contribution in [0, 0.1) is 11.3 Å². The van der Waals surface area contributed by atoms with E-state index in [1.54, 1.807) is 4.90 Å². The van der Waals surface area contributed by atoms with Crippen molar-refractivity contribution < 1.29 is 9.90 Å². The Kier molecular flexibility index (Phi) is 6.14. The van der Waals surface area contributed by atoms with E-state index in [0.717, 1.165) is 18.5 Å². The Balaban J connectivity index is 1.92. The predicted octanol–water partition coefficient (Wildman–Crippen LogP) is 1.75. The molecule has 1 aromatic rings. The molecule has 0 radical (unpaired) electrons. The topological polar surface area (TPSA) is 67.6 Å². The fourth-order valence-corrected chi connectivity index (χ4v) is 2.86. The van der Waals surface area contributed by atoms with Gasteiger partial charge >= 0.3 is 0 Å². The Hall–Kier alpha value is -1.90. The van der Waals surface area contributed by atoms with Crippen LogP contribution in [0.15, 0.2) is 24.3 Å². The average Bonchev–Trinajstić information content (AvgIpc) is 2.92. The largest absolute Gasteiger partial charge is 0.390 e. The molecule has 1 aliphatic rings. The zero-order valence-electron chi connectivity index (χ0n) is 13.9. The van der Waals surface area contributed by atoms with Crippen LogP contribution in [-0.2, 0) is 11.3 Å². The van der Waals surface area contributed by atoms with E-state index < -0.39 is 6.10 Å². The Morgan fingerprint density at radius 1 is 1.35 bits per heavy atom. The van der Waals surface area contributed by atoms with Crippen LogP contribution in [-0.4, -0.2) is 52.6 Å². The second-order valence-corrected chi connectivity index (χ2v) is 6.43. The molecular weight excluding hydrogens is 290 g/mol. The van der Waals surface area contributed by atoms with Gasteiger partial charge < -0.3 is 10.0 Å². The number of aliphatic hydroxyl groups excluding tert-OH is 1. The van der Waals surface area contributed by atoms with Crippen molar-refractivity contribution in [3.8, 4) is 6.07 Å². The smallest absolute Gasteiger partial charge is 0.222 e. The highest BCUT2D eigenvalue weighted by Gasteiger charge is 2.24. The predicted molar refractivity (Wildman–Crippen MR) is 88.5 cm³/mol. The molecule has 1 fully saturated rings. The quantitative estimate of drug-likeness (QED) is 0.832. The number of β-amino-alcohol motifs (C(OH)–C–C–N with tert-alkyl or cyclic N) is 1. The molecule has 1 heterocycles. The SMILES string of the molecule is CC(C)N(Cc1ccc(C#N)cc1)CC(O)CN1CCCC1=O. The molecule has 1 amide bonds. The van der Waals surface area contributed by atoms with Gasteiger partial charge in [0.15, 0.2) is 0 Å². The minimum Gasteiger partial charge on any atom is -0.390 e. The highest BCUT2D eigenvalue weighted by Crippen LogP contribution is 2.13. The van der Waals surface area contributed by atoms with Gasteiger partial charge in [0.1, 0.15) is 0 Å². The Morgan fingerprint density at radius 3 is 2.57 bits per heavy atom. The van der Waals surface area contributed by atoms with E-state index in [1.165, 1.54) is 0 Å². The van der Waals surface area contributed by atoms with Crippen molar-refractivity contribution in [1.29, 1.82) is 5.26 Å². The lowest BCUT2D eigenvalue weighted by molar-refractivity contribution is -0.129. The van der Waals surface area contributed by atoms with Gasteiger partial charge in [0, 0.05) is 38.6 Å². The third-order valence-corrected chi connectivity index (χ3v) is 4.25. The highest BCUT2D eigenvalue weighted by atomic mass is 16.3. The van der Waals surface area contributed by atoms with E-state index >= 15 is 0 Å². The molecule has 124 valence electrons. The number of amides is 1. The summed E-state index contributed by atoms with van der Waals surface area (Å²) in [4.78, 5) is 15.6. The molecule has 0 bridgehead atoms. The first kappa shape index (κ1) is 17.5. The van der Waals surface area contributed by atoms with Crippen molar-refractivity contribution in [2.24, 2.45) is 0 Å². The normalized spacial score (nSPS) is 16.2. The summed E-state index contributed by atoms with van der Waals surface area (Å²) in [6.45, 7) is 6.60. The summed E-state index contributed by atoms with van der Waals surface area (Å²) >= 11 is 0. The molecule has 1 aliphatic heterocycles. The van der Waals surface area contributed by atoms with Gasteiger partial charge in [-0.3, -0.25) is 9.69 Å². The standard InChI is InChI=1S/C18H25N3O2/c1-14(2)21(11-16-7-5-15(10-19)6-8-16)13-17(22)12-20-9-3-4-18(20)23/h5-8,14,17,22H,3-4,9,11-13H2,1-2H3. The summed E-state index contributed by atoms with van der Waals surface area (Å²) in [6.07, 6.45) is 0.953. The number of hydrogen-bond acceptors (Lipinski definition) is 4. The summed E-state index contributed by atoms with van der Waals surface area (Å²) in [5.41, 5.74) is 1.76. The average molecular weight is 315 g/mol. The Bertz CT molecular complexity index is 563. The fourth-order valence-electron chi connectivity index (χ4n) is 2.86. The molecule has 5 nitrogen and oxygen atoms in total. The van der Waals surface area contributed by atoms with Gasteiger partial charge in [-0.15, -0.1) is 0 Å². The van der Waals surface area contributed by atoms with Gasteiger partial charge in [0.05, 0.1) is 17.7 Å². The fraction of sp³-hybridized carbons (Fsp3) is 0.556. The van der Waals surface area contributed by atoms with Crippen molar-refractivity contribution in [3.63, 3.8) is 0 Å². The molecule has 23 heavy (non-hydrogen) atoms. The van der Waals surface area contributed by atoms with E-state index in [9.17, 15) is 9.90 Å². The zero-order valence-corrected chi connectivity index (χ0v) is 13.9. The summed E-state index contributed by atoms with van der Waals surface area (Å²) in [5.74, 6) is 0.146. The monoisotopic (exact) mass is 315 g/mol. The van der Waals surface area contributed by atoms with Crippen LogP contribution in [0.4, 0.5) is 0 Å². The van der Waals surface area contributed by atoms with Crippen molar-refractivity contribution in [3.05, 3.63) is 35.4 Å². The lowest BCUT2D eigenvalue weighted by atomic mass is 10.1. The summed E-state index contributed by atoms with van der Waals surface area (Å²) in [7, 11) is 0. The maximum atomic E-state index is 11.7. The molecule has 1 saturated heterocycles. The number of nitrogens with zero attached hydrogens (tertiary/aromatic N) is 3. The van der Waals surface area contributed by atoms with E-state index in [4.69, 9.17) is 5.26 Å². The van der Waals surface area contributed by atoms with Crippen molar-refractivity contribution in [2.75, 3.05) is 19.6 Å². The molecule has 0 saturated carbocycles. The van der Waals surface area contributed by atoms with Gasteiger partial charge in [-0.1, -0.05) is 12.1 Å². The van der Waals surface area contributed by atoms with E-state index in [1.807, 2.05) is 24.3 Å². The van der Waals surface area contributed by atoms with Gasteiger partial charge in [-0.2, -0.15) is 5.26 Å². The molecule has 0 aliphatic carbocycles. The number of benzene rings is 1. The summed E-state index contributed by atoms with van der Waals surface area (Å²) in [6, 6.07) is 9.93. The number of nitriles is 1. The van der Waals surface area contributed by atoms with Crippen LogP contribution in [0.1, 0.15) is 37.8 Å². The number of carbonyl (C=O) groups is 1. The third kappa shape index (κ3) is 5.05. The van der Waals surface area contributed by atoms with Crippen LogP contribution in [0.3, 0.4) is 0 Å². The Morgan fingerprint density at radius 2 is 2.04 bits per heavy atom. The maximum Gasteiger partial charge on any atom is 0.222 e.